The van der Waals surface area contributed by atoms with Crippen LogP contribution in [0.25, 0.3) is 0 Å². The van der Waals surface area contributed by atoms with Crippen molar-refractivity contribution in [2.75, 3.05) is 0 Å². The molecule has 1 atom stereocenters. The molecule has 3 nitrogen and oxygen atoms in total. The fourth-order valence-electron chi connectivity index (χ4n) is 1.02. The number of benzene rings is 1. The predicted octanol–water partition coefficient (Wildman–Crippen LogP) is 1.99. The van der Waals surface area contributed by atoms with E-state index in [0.29, 0.717) is 4.47 Å². The van der Waals surface area contributed by atoms with Gasteiger partial charge in [0.1, 0.15) is 5.82 Å². The highest BCUT2D eigenvalue weighted by atomic mass is 79.9. The summed E-state index contributed by atoms with van der Waals surface area (Å²) < 4.78 is 14.0. The average Bonchev–Trinajstić information content (AvgIpc) is 2.16. The van der Waals surface area contributed by atoms with E-state index < -0.39 is 17.8 Å². The van der Waals surface area contributed by atoms with Crippen LogP contribution in [0, 0.1) is 5.82 Å². The number of halogens is 2. The second kappa shape index (κ2) is 5.36. The van der Waals surface area contributed by atoms with Crippen LogP contribution < -0.4 is 11.1 Å². The van der Waals surface area contributed by atoms with E-state index in [1.54, 1.807) is 13.0 Å². The van der Waals surface area contributed by atoms with E-state index in [0.717, 1.165) is 0 Å². The first kappa shape index (κ1) is 13.1. The summed E-state index contributed by atoms with van der Waals surface area (Å²) in [6.45, 7) is 1.64. The molecule has 86 valence electrons. The number of amides is 1. The first-order valence-corrected chi connectivity index (χ1v) is 5.67. The van der Waals surface area contributed by atoms with Crippen molar-refractivity contribution < 1.29 is 9.18 Å². The van der Waals surface area contributed by atoms with Gasteiger partial charge in [-0.1, -0.05) is 28.1 Å². The van der Waals surface area contributed by atoms with Crippen LogP contribution >= 0.6 is 28.1 Å². The molecular weight excluding hydrogens is 295 g/mol. The lowest BCUT2D eigenvalue weighted by molar-refractivity contribution is 0.0945. The number of carbonyl (C=O) groups excluding carboxylic acids is 1. The van der Waals surface area contributed by atoms with E-state index >= 15 is 0 Å². The van der Waals surface area contributed by atoms with E-state index in [1.807, 2.05) is 0 Å². The van der Waals surface area contributed by atoms with E-state index in [1.165, 1.54) is 12.1 Å². The number of rotatable bonds is 3. The molecule has 1 aromatic rings. The summed E-state index contributed by atoms with van der Waals surface area (Å²) in [5.41, 5.74) is 5.30. The highest BCUT2D eigenvalue weighted by Crippen LogP contribution is 2.15. The summed E-state index contributed by atoms with van der Waals surface area (Å²) in [5, 5.41) is 2.50. The Morgan fingerprint density at radius 2 is 2.25 bits per heavy atom. The molecule has 0 aliphatic carbocycles. The van der Waals surface area contributed by atoms with Crippen molar-refractivity contribution in [3.05, 3.63) is 34.1 Å². The molecule has 16 heavy (non-hydrogen) atoms. The van der Waals surface area contributed by atoms with Gasteiger partial charge in [-0.25, -0.2) is 4.39 Å². The molecule has 0 saturated carbocycles. The van der Waals surface area contributed by atoms with Crippen molar-refractivity contribution >= 4 is 39.0 Å². The Morgan fingerprint density at radius 3 is 2.75 bits per heavy atom. The topological polar surface area (TPSA) is 55.1 Å². The number of hydrogen-bond acceptors (Lipinski definition) is 2. The van der Waals surface area contributed by atoms with Crippen molar-refractivity contribution in [1.82, 2.24) is 5.32 Å². The number of carbonyl (C=O) groups is 1. The Bertz CT molecular complexity index is 439. The van der Waals surface area contributed by atoms with Gasteiger partial charge >= 0.3 is 0 Å². The van der Waals surface area contributed by atoms with E-state index in [4.69, 9.17) is 18.0 Å². The van der Waals surface area contributed by atoms with Crippen LogP contribution in [-0.2, 0) is 0 Å². The molecule has 0 aromatic heterocycles. The quantitative estimate of drug-likeness (QED) is 0.840. The molecule has 0 aliphatic rings. The van der Waals surface area contributed by atoms with Gasteiger partial charge in [0.2, 0.25) is 0 Å². The minimum absolute atomic E-state index is 0.0358. The van der Waals surface area contributed by atoms with Crippen molar-refractivity contribution in [1.29, 1.82) is 0 Å². The molecule has 6 heteroatoms. The maximum Gasteiger partial charge on any atom is 0.254 e. The number of nitrogens with one attached hydrogen (secondary N) is 1. The highest BCUT2D eigenvalue weighted by molar-refractivity contribution is 9.10. The minimum Gasteiger partial charge on any atom is -0.392 e. The van der Waals surface area contributed by atoms with Crippen molar-refractivity contribution in [2.45, 2.75) is 13.0 Å². The van der Waals surface area contributed by atoms with Crippen LogP contribution in [0.1, 0.15) is 17.3 Å². The van der Waals surface area contributed by atoms with Gasteiger partial charge in [0, 0.05) is 4.47 Å². The van der Waals surface area contributed by atoms with Crippen molar-refractivity contribution in [3.8, 4) is 0 Å². The summed E-state index contributed by atoms with van der Waals surface area (Å²) in [4.78, 5) is 11.8. The van der Waals surface area contributed by atoms with Crippen LogP contribution in [0.3, 0.4) is 0 Å². The van der Waals surface area contributed by atoms with Gasteiger partial charge in [-0.3, -0.25) is 4.79 Å². The molecule has 0 spiro atoms. The number of nitrogens with two attached hydrogens (primary N) is 1. The lowest BCUT2D eigenvalue weighted by Gasteiger charge is -2.12. The third-order valence-corrected chi connectivity index (χ3v) is 2.80. The molecule has 1 rings (SSSR count). The SMILES string of the molecule is CC(NC(=O)c1ccc(Br)cc1F)C(N)=S. The number of hydrogen-bond donors (Lipinski definition) is 2. The lowest BCUT2D eigenvalue weighted by Crippen LogP contribution is -2.41. The third kappa shape index (κ3) is 3.24. The Kier molecular flexibility index (Phi) is 4.37. The maximum absolute atomic E-state index is 13.4. The van der Waals surface area contributed by atoms with Gasteiger partial charge in [-0.05, 0) is 25.1 Å². The van der Waals surface area contributed by atoms with Gasteiger partial charge in [0.25, 0.3) is 5.91 Å². The van der Waals surface area contributed by atoms with Crippen LogP contribution in [0.5, 0.6) is 0 Å². The molecule has 0 aliphatic heterocycles. The predicted molar refractivity (Wildman–Crippen MR) is 67.8 cm³/mol. The highest BCUT2D eigenvalue weighted by Gasteiger charge is 2.15. The zero-order valence-corrected chi connectivity index (χ0v) is 10.9. The van der Waals surface area contributed by atoms with Gasteiger partial charge < -0.3 is 11.1 Å². The monoisotopic (exact) mass is 304 g/mol. The molecule has 1 aromatic carbocycles. The standard InChI is InChI=1S/C10H10BrFN2OS/c1-5(9(13)16)14-10(15)7-3-2-6(11)4-8(7)12/h2-5H,1H3,(H2,13,16)(H,14,15). The largest absolute Gasteiger partial charge is 0.392 e. The molecule has 0 saturated heterocycles. The van der Waals surface area contributed by atoms with Gasteiger partial charge in [0.15, 0.2) is 0 Å². The van der Waals surface area contributed by atoms with E-state index in [-0.39, 0.29) is 10.6 Å². The number of thiocarbonyl (C=S) groups is 1. The lowest BCUT2D eigenvalue weighted by atomic mass is 10.2. The van der Waals surface area contributed by atoms with Crippen LogP contribution in [0.15, 0.2) is 22.7 Å². The van der Waals surface area contributed by atoms with Crippen LogP contribution in [-0.4, -0.2) is 16.9 Å². The summed E-state index contributed by atoms with van der Waals surface area (Å²) in [7, 11) is 0. The van der Waals surface area contributed by atoms with E-state index in [9.17, 15) is 9.18 Å². The Hall–Kier alpha value is -1.01. The zero-order chi connectivity index (χ0) is 12.3. The maximum atomic E-state index is 13.4. The second-order valence-electron chi connectivity index (χ2n) is 3.22. The molecular formula is C10H10BrFN2OS. The smallest absolute Gasteiger partial charge is 0.254 e. The van der Waals surface area contributed by atoms with Gasteiger partial charge in [0.05, 0.1) is 16.6 Å². The molecule has 1 amide bonds. The molecule has 3 N–H and O–H groups in total. The third-order valence-electron chi connectivity index (χ3n) is 1.95. The first-order chi connectivity index (χ1) is 7.41. The van der Waals surface area contributed by atoms with Crippen LogP contribution in [0.4, 0.5) is 4.39 Å². The molecule has 0 radical (unpaired) electrons. The van der Waals surface area contributed by atoms with Crippen LogP contribution in [0.2, 0.25) is 0 Å². The summed E-state index contributed by atoms with van der Waals surface area (Å²) in [5.74, 6) is -1.13. The molecule has 0 heterocycles. The average molecular weight is 305 g/mol. The summed E-state index contributed by atoms with van der Waals surface area (Å²) >= 11 is 7.81. The fourth-order valence-corrected chi connectivity index (χ4v) is 1.41. The van der Waals surface area contributed by atoms with E-state index in [2.05, 4.69) is 21.2 Å². The fraction of sp³-hybridized carbons (Fsp3) is 0.200. The second-order valence-corrected chi connectivity index (χ2v) is 4.61. The Morgan fingerprint density at radius 1 is 1.62 bits per heavy atom. The van der Waals surface area contributed by atoms with Crippen molar-refractivity contribution in [2.24, 2.45) is 5.73 Å². The Labute approximate surface area is 106 Å². The van der Waals surface area contributed by atoms with Gasteiger partial charge in [-0.2, -0.15) is 0 Å². The minimum atomic E-state index is -0.595. The van der Waals surface area contributed by atoms with Crippen molar-refractivity contribution in [3.63, 3.8) is 0 Å². The first-order valence-electron chi connectivity index (χ1n) is 4.47. The molecule has 0 fully saturated rings. The molecule has 0 bridgehead atoms. The summed E-state index contributed by atoms with van der Waals surface area (Å²) in [6, 6.07) is 3.73. The zero-order valence-electron chi connectivity index (χ0n) is 8.46. The summed E-state index contributed by atoms with van der Waals surface area (Å²) in [6.07, 6.45) is 0. The molecule has 1 unspecified atom stereocenters. The van der Waals surface area contributed by atoms with Gasteiger partial charge in [-0.15, -0.1) is 0 Å². The Balaban J connectivity index is 2.85. The normalized spacial score (nSPS) is 11.9.